The summed E-state index contributed by atoms with van der Waals surface area (Å²) in [7, 11) is 4.07. The third kappa shape index (κ3) is 8.28. The van der Waals surface area contributed by atoms with Gasteiger partial charge in [0.2, 0.25) is 5.95 Å². The molecule has 1 fully saturated rings. The van der Waals surface area contributed by atoms with E-state index in [4.69, 9.17) is 9.97 Å². The smallest absolute Gasteiger partial charge is 0.405 e. The number of alkyl halides is 3. The zero-order valence-corrected chi connectivity index (χ0v) is 22.4. The first kappa shape index (κ1) is 30.3. The largest absolute Gasteiger partial charge is 0.573 e. The van der Waals surface area contributed by atoms with Gasteiger partial charge in [0.1, 0.15) is 11.6 Å². The van der Waals surface area contributed by atoms with Gasteiger partial charge < -0.3 is 20.3 Å². The molecule has 11 heteroatoms. The molecule has 2 aliphatic carbocycles. The molecule has 1 heterocycles. The minimum atomic E-state index is -4.68. The van der Waals surface area contributed by atoms with Gasteiger partial charge in [-0.05, 0) is 69.9 Å². The summed E-state index contributed by atoms with van der Waals surface area (Å²) in [5.74, 6) is 2.11. The predicted molar refractivity (Wildman–Crippen MR) is 142 cm³/mol. The molecule has 1 aromatic carbocycles. The first-order valence-corrected chi connectivity index (χ1v) is 12.2. The molecule has 202 valence electrons. The van der Waals surface area contributed by atoms with Gasteiger partial charge in [-0.2, -0.15) is 4.98 Å². The van der Waals surface area contributed by atoms with Crippen LogP contribution in [-0.4, -0.2) is 43.0 Å². The van der Waals surface area contributed by atoms with Gasteiger partial charge in [0.25, 0.3) is 0 Å². The zero-order chi connectivity index (χ0) is 24.1. The van der Waals surface area contributed by atoms with E-state index < -0.39 is 6.36 Å². The van der Waals surface area contributed by atoms with Crippen molar-refractivity contribution in [1.29, 1.82) is 0 Å². The van der Waals surface area contributed by atoms with Gasteiger partial charge in [-0.25, -0.2) is 4.98 Å². The lowest BCUT2D eigenvalue weighted by atomic mass is 9.86. The highest BCUT2D eigenvalue weighted by Crippen LogP contribution is 2.31. The maximum Gasteiger partial charge on any atom is 0.573 e. The number of para-hydroxylation sites is 1. The van der Waals surface area contributed by atoms with E-state index in [0.717, 1.165) is 56.8 Å². The van der Waals surface area contributed by atoms with Gasteiger partial charge in [-0.1, -0.05) is 18.2 Å². The van der Waals surface area contributed by atoms with Crippen LogP contribution in [0.2, 0.25) is 0 Å². The molecule has 0 saturated heterocycles. The molecule has 0 radical (unpaired) electrons. The summed E-state index contributed by atoms with van der Waals surface area (Å²) in [5, 5.41) is 6.88. The Labute approximate surface area is 223 Å². The van der Waals surface area contributed by atoms with Crippen LogP contribution in [0.3, 0.4) is 0 Å². The van der Waals surface area contributed by atoms with Gasteiger partial charge >= 0.3 is 6.36 Å². The second-order valence-electron chi connectivity index (χ2n) is 9.55. The Hall–Kier alpha value is -1.97. The molecule has 36 heavy (non-hydrogen) atoms. The summed E-state index contributed by atoms with van der Waals surface area (Å²) < 4.78 is 42.0. The molecule has 2 N–H and O–H groups in total. The monoisotopic (exact) mass is 549 g/mol. The van der Waals surface area contributed by atoms with E-state index in [-0.39, 0.29) is 30.6 Å². The highest BCUT2D eigenvalue weighted by Gasteiger charge is 2.32. The number of aromatic nitrogens is 2. The molecule has 0 amide bonds. The van der Waals surface area contributed by atoms with Gasteiger partial charge in [-0.3, -0.25) is 0 Å². The van der Waals surface area contributed by atoms with Crippen molar-refractivity contribution in [3.8, 4) is 5.75 Å². The van der Waals surface area contributed by atoms with Gasteiger partial charge in [-0.15, -0.1) is 38.0 Å². The third-order valence-corrected chi connectivity index (χ3v) is 6.71. The molecule has 0 atom stereocenters. The fourth-order valence-corrected chi connectivity index (χ4v) is 4.99. The molecule has 4 rings (SSSR count). The van der Waals surface area contributed by atoms with Crippen LogP contribution in [0.4, 0.5) is 24.9 Å². The van der Waals surface area contributed by atoms with E-state index in [0.29, 0.717) is 24.1 Å². The number of ether oxygens (including phenoxy) is 1. The number of fused-ring (bicyclic) bond motifs is 1. The van der Waals surface area contributed by atoms with Crippen molar-refractivity contribution in [1.82, 2.24) is 15.3 Å². The number of benzene rings is 1. The fourth-order valence-electron chi connectivity index (χ4n) is 4.99. The zero-order valence-electron chi connectivity index (χ0n) is 20.7. The molecule has 0 spiro atoms. The summed E-state index contributed by atoms with van der Waals surface area (Å²) in [6, 6.07) is 6.63. The van der Waals surface area contributed by atoms with E-state index in [1.165, 1.54) is 30.2 Å². The molecule has 0 bridgehead atoms. The maximum absolute atomic E-state index is 12.6. The Kier molecular flexibility index (Phi) is 11.4. The summed E-state index contributed by atoms with van der Waals surface area (Å²) in [5.41, 5.74) is 2.98. The van der Waals surface area contributed by atoms with Crippen LogP contribution in [0.5, 0.6) is 5.75 Å². The number of hydrogen-bond donors (Lipinski definition) is 2. The average Bonchev–Trinajstić information content (AvgIpc) is 2.80. The summed E-state index contributed by atoms with van der Waals surface area (Å²) >= 11 is 0. The standard InChI is InChI=1S/C25H34F3N5O.2ClH/c1-33(2)23-20-8-4-5-9-21(20)31-24(32-23)30-19-13-11-17(12-14-19)15-29-16-18-7-3-6-10-22(18)34-25(26,27)28;;/h3,6-7,10,17,19,29H,4-5,8-9,11-16H2,1-2H3,(H,30,31,32);2*1H. The van der Waals surface area contributed by atoms with Crippen molar-refractivity contribution in [3.63, 3.8) is 0 Å². The maximum atomic E-state index is 12.6. The van der Waals surface area contributed by atoms with Crippen LogP contribution in [0.1, 0.15) is 55.3 Å². The first-order chi connectivity index (χ1) is 16.3. The summed E-state index contributed by atoms with van der Waals surface area (Å²) in [6.45, 7) is 1.12. The van der Waals surface area contributed by atoms with Crippen LogP contribution in [0.15, 0.2) is 24.3 Å². The van der Waals surface area contributed by atoms with Crippen LogP contribution in [-0.2, 0) is 19.4 Å². The Balaban J connectivity index is 0.00000228. The van der Waals surface area contributed by atoms with Crippen molar-refractivity contribution in [2.24, 2.45) is 5.92 Å². The fraction of sp³-hybridized carbons (Fsp3) is 0.600. The van der Waals surface area contributed by atoms with E-state index >= 15 is 0 Å². The SMILES string of the molecule is CN(C)c1nc(NC2CCC(CNCc3ccccc3OC(F)(F)F)CC2)nc2c1CCCC2.Cl.Cl. The minimum absolute atomic E-state index is 0. The number of aryl methyl sites for hydroxylation is 1. The van der Waals surface area contributed by atoms with E-state index in [1.807, 2.05) is 14.1 Å². The first-order valence-electron chi connectivity index (χ1n) is 12.2. The number of nitrogens with zero attached hydrogens (tertiary/aromatic N) is 3. The highest BCUT2D eigenvalue weighted by molar-refractivity contribution is 5.85. The van der Waals surface area contributed by atoms with E-state index in [9.17, 15) is 13.2 Å². The van der Waals surface area contributed by atoms with Crippen molar-refractivity contribution >= 4 is 36.6 Å². The molecule has 2 aromatic rings. The van der Waals surface area contributed by atoms with Crippen molar-refractivity contribution in [2.75, 3.05) is 30.9 Å². The van der Waals surface area contributed by atoms with Gasteiger partial charge in [0, 0.05) is 37.8 Å². The molecule has 1 saturated carbocycles. The molecular weight excluding hydrogens is 514 g/mol. The number of halogens is 5. The summed E-state index contributed by atoms with van der Waals surface area (Å²) in [6.07, 6.45) is 3.92. The van der Waals surface area contributed by atoms with Crippen LogP contribution >= 0.6 is 24.8 Å². The predicted octanol–water partition coefficient (Wildman–Crippen LogP) is 5.92. The third-order valence-electron chi connectivity index (χ3n) is 6.71. The summed E-state index contributed by atoms with van der Waals surface area (Å²) in [4.78, 5) is 11.7. The Bertz CT molecular complexity index is 969. The lowest BCUT2D eigenvalue weighted by Gasteiger charge is -2.30. The van der Waals surface area contributed by atoms with Gasteiger partial charge in [0.05, 0.1) is 5.69 Å². The topological polar surface area (TPSA) is 62.3 Å². The lowest BCUT2D eigenvalue weighted by Crippen LogP contribution is -2.32. The Morgan fingerprint density at radius 2 is 1.69 bits per heavy atom. The molecule has 0 aliphatic heterocycles. The lowest BCUT2D eigenvalue weighted by molar-refractivity contribution is -0.274. The average molecular weight is 550 g/mol. The molecule has 2 aliphatic rings. The number of rotatable bonds is 8. The Morgan fingerprint density at radius 3 is 2.39 bits per heavy atom. The van der Waals surface area contributed by atoms with Crippen LogP contribution < -0.4 is 20.3 Å². The van der Waals surface area contributed by atoms with Gasteiger partial charge in [0.15, 0.2) is 0 Å². The number of anilines is 2. The highest BCUT2D eigenvalue weighted by atomic mass is 35.5. The molecule has 1 aromatic heterocycles. The van der Waals surface area contributed by atoms with Crippen LogP contribution in [0.25, 0.3) is 0 Å². The van der Waals surface area contributed by atoms with E-state index in [2.05, 4.69) is 20.3 Å². The second-order valence-corrected chi connectivity index (χ2v) is 9.55. The molecule has 6 nitrogen and oxygen atoms in total. The van der Waals surface area contributed by atoms with E-state index in [1.54, 1.807) is 18.2 Å². The molecular formula is C25H36Cl2F3N5O. The normalized spacial score (nSPS) is 19.4. The van der Waals surface area contributed by atoms with Crippen molar-refractivity contribution < 1.29 is 17.9 Å². The number of nitrogens with one attached hydrogen (secondary N) is 2. The Morgan fingerprint density at radius 1 is 1.00 bits per heavy atom. The quantitative estimate of drug-likeness (QED) is 0.426. The number of hydrogen-bond acceptors (Lipinski definition) is 6. The minimum Gasteiger partial charge on any atom is -0.405 e. The van der Waals surface area contributed by atoms with Crippen LogP contribution in [0, 0.1) is 5.92 Å². The molecule has 0 unspecified atom stereocenters. The van der Waals surface area contributed by atoms with Crippen molar-refractivity contribution in [2.45, 2.75) is 70.3 Å². The van der Waals surface area contributed by atoms with Crippen molar-refractivity contribution in [3.05, 3.63) is 41.1 Å². The second kappa shape index (κ2) is 13.5.